The number of amides is 1. The maximum Gasteiger partial charge on any atom is 0.274 e. The van der Waals surface area contributed by atoms with E-state index in [1.54, 1.807) is 36.5 Å². The monoisotopic (exact) mass is 594 g/mol. The van der Waals surface area contributed by atoms with E-state index in [9.17, 15) is 20.4 Å². The number of aromatic nitrogens is 3. The Balaban J connectivity index is 1.55. The van der Waals surface area contributed by atoms with Crippen molar-refractivity contribution in [3.63, 3.8) is 0 Å². The molecular formula is C30H22B3FN8O3. The van der Waals surface area contributed by atoms with Gasteiger partial charge in [-0.1, -0.05) is 6.07 Å². The third-order valence-corrected chi connectivity index (χ3v) is 7.09. The Morgan fingerprint density at radius 3 is 2.64 bits per heavy atom. The number of hydrogen-bond donors (Lipinski definition) is 3. The predicted molar refractivity (Wildman–Crippen MR) is 166 cm³/mol. The molecule has 1 fully saturated rings. The number of nitrogens with zero attached hydrogens (tertiary/aromatic N) is 6. The van der Waals surface area contributed by atoms with Gasteiger partial charge in [0.15, 0.2) is 11.6 Å². The van der Waals surface area contributed by atoms with Crippen LogP contribution in [0.4, 0.5) is 15.8 Å². The van der Waals surface area contributed by atoms with Crippen LogP contribution in [0.25, 0.3) is 22.5 Å². The highest BCUT2D eigenvalue weighted by atomic mass is 19.1. The summed E-state index contributed by atoms with van der Waals surface area (Å²) < 4.78 is 20.6. The van der Waals surface area contributed by atoms with Crippen LogP contribution in [-0.4, -0.2) is 80.0 Å². The molecule has 4 aromatic rings. The van der Waals surface area contributed by atoms with E-state index in [1.165, 1.54) is 24.5 Å². The smallest absolute Gasteiger partial charge is 0.274 e. The number of aliphatic hydroxyl groups is 1. The molecule has 216 valence electrons. The van der Waals surface area contributed by atoms with Crippen LogP contribution in [0, 0.1) is 28.5 Å². The van der Waals surface area contributed by atoms with Crippen molar-refractivity contribution in [1.82, 2.24) is 15.0 Å². The van der Waals surface area contributed by atoms with Gasteiger partial charge in [-0.25, -0.2) is 14.4 Å². The zero-order valence-electron chi connectivity index (χ0n) is 23.7. The van der Waals surface area contributed by atoms with Crippen molar-refractivity contribution in [3.8, 4) is 40.4 Å². The SMILES string of the molecule is [B]C([B])([B])Oc1ccc(C#N)c(F)c1-c1nccc(C(=O)Nc2ccc(-c3cnccc3C#N)cc2N2CC(N)CC2CO)n1. The Labute approximate surface area is 262 Å². The average Bonchev–Trinajstić information content (AvgIpc) is 3.41. The second-order valence-electron chi connectivity index (χ2n) is 10.3. The van der Waals surface area contributed by atoms with E-state index in [0.29, 0.717) is 41.0 Å². The lowest BCUT2D eigenvalue weighted by Crippen LogP contribution is -2.37. The average molecular weight is 594 g/mol. The van der Waals surface area contributed by atoms with Crippen LogP contribution in [0.1, 0.15) is 28.0 Å². The topological polar surface area (TPSA) is 174 Å². The fraction of sp³-hybridized carbons (Fsp3) is 0.200. The summed E-state index contributed by atoms with van der Waals surface area (Å²) in [4.78, 5) is 27.9. The van der Waals surface area contributed by atoms with Gasteiger partial charge in [0, 0.05) is 36.7 Å². The molecule has 5 rings (SSSR count). The highest BCUT2D eigenvalue weighted by Crippen LogP contribution is 2.37. The first-order valence-electron chi connectivity index (χ1n) is 13.6. The van der Waals surface area contributed by atoms with Gasteiger partial charge < -0.3 is 25.8 Å². The van der Waals surface area contributed by atoms with Gasteiger partial charge in [0.25, 0.3) is 5.91 Å². The van der Waals surface area contributed by atoms with Crippen LogP contribution >= 0.6 is 0 Å². The molecule has 45 heavy (non-hydrogen) atoms. The van der Waals surface area contributed by atoms with Crippen LogP contribution in [0.15, 0.2) is 61.1 Å². The number of hydrogen-bond acceptors (Lipinski definition) is 10. The van der Waals surface area contributed by atoms with Gasteiger partial charge in [-0.2, -0.15) is 10.5 Å². The van der Waals surface area contributed by atoms with Crippen LogP contribution in [-0.2, 0) is 0 Å². The van der Waals surface area contributed by atoms with Crippen molar-refractivity contribution in [2.24, 2.45) is 5.73 Å². The molecule has 1 aliphatic heterocycles. The van der Waals surface area contributed by atoms with Crippen molar-refractivity contribution >= 4 is 40.8 Å². The lowest BCUT2D eigenvalue weighted by molar-refractivity contribution is 0.102. The third-order valence-electron chi connectivity index (χ3n) is 7.09. The van der Waals surface area contributed by atoms with Gasteiger partial charge >= 0.3 is 0 Å². The summed E-state index contributed by atoms with van der Waals surface area (Å²) >= 11 is 0. The zero-order chi connectivity index (χ0) is 32.3. The molecule has 15 heteroatoms. The van der Waals surface area contributed by atoms with Gasteiger partial charge in [-0.3, -0.25) is 9.78 Å². The summed E-state index contributed by atoms with van der Waals surface area (Å²) in [5.74, 6) is -2.25. The maximum atomic E-state index is 15.4. The van der Waals surface area contributed by atoms with Crippen molar-refractivity contribution in [2.45, 2.75) is 23.8 Å². The number of ether oxygens (including phenoxy) is 1. The highest BCUT2D eigenvalue weighted by molar-refractivity contribution is 6.58. The van der Waals surface area contributed by atoms with Crippen LogP contribution in [0.3, 0.4) is 0 Å². The summed E-state index contributed by atoms with van der Waals surface area (Å²) in [6.07, 6.45) is 4.84. The van der Waals surface area contributed by atoms with Crippen molar-refractivity contribution in [3.05, 3.63) is 83.7 Å². The molecule has 2 aromatic heterocycles. The molecule has 11 nitrogen and oxygen atoms in total. The minimum atomic E-state index is -2.19. The summed E-state index contributed by atoms with van der Waals surface area (Å²) in [6, 6.07) is 13.8. The molecule has 1 amide bonds. The van der Waals surface area contributed by atoms with Gasteiger partial charge in [0.05, 0.1) is 46.8 Å². The third kappa shape index (κ3) is 6.65. The minimum absolute atomic E-state index is 0.155. The van der Waals surface area contributed by atoms with E-state index in [-0.39, 0.29) is 47.1 Å². The second kappa shape index (κ2) is 12.8. The molecule has 2 unspecified atom stereocenters. The lowest BCUT2D eigenvalue weighted by Gasteiger charge is -2.28. The molecule has 2 atom stereocenters. The zero-order valence-corrected chi connectivity index (χ0v) is 23.7. The van der Waals surface area contributed by atoms with E-state index in [1.807, 2.05) is 4.90 Å². The number of anilines is 2. The standard InChI is InChI=1S/C30H22B3FN8O3/c31-30(32,33)45-25-4-2-18(12-36)27(34)26(25)28-39-8-6-23(40-28)29(44)41-22-3-1-16(21-13-38-7-5-17(21)11-35)9-24(22)42-14-19(37)10-20(42)15-43/h1-9,13,19-20,43H,10,14-15,37H2,(H,41,44). The number of nitrogens with one attached hydrogen (secondary N) is 1. The molecule has 4 N–H and O–H groups in total. The number of nitriles is 2. The number of nitrogens with two attached hydrogens (primary N) is 1. The highest BCUT2D eigenvalue weighted by Gasteiger charge is 2.32. The number of benzene rings is 2. The Bertz CT molecular complexity index is 1860. The van der Waals surface area contributed by atoms with Gasteiger partial charge in [-0.15, -0.1) is 0 Å². The molecule has 2 aromatic carbocycles. The van der Waals surface area contributed by atoms with E-state index < -0.39 is 17.0 Å². The molecule has 1 saturated heterocycles. The Morgan fingerprint density at radius 2 is 1.93 bits per heavy atom. The number of pyridine rings is 1. The molecule has 0 bridgehead atoms. The molecule has 6 radical (unpaired) electrons. The second-order valence-corrected chi connectivity index (χ2v) is 10.3. The number of aliphatic hydroxyl groups excluding tert-OH is 1. The van der Waals surface area contributed by atoms with Crippen LogP contribution in [0.2, 0.25) is 0 Å². The molecule has 0 saturated carbocycles. The van der Waals surface area contributed by atoms with Crippen LogP contribution < -0.4 is 20.7 Å². The van der Waals surface area contributed by atoms with Crippen molar-refractivity contribution < 1.29 is 19.0 Å². The van der Waals surface area contributed by atoms with E-state index in [0.717, 1.165) is 6.07 Å². The van der Waals surface area contributed by atoms with Gasteiger partial charge in [-0.05, 0) is 53.7 Å². The van der Waals surface area contributed by atoms with Crippen LogP contribution in [0.5, 0.6) is 5.75 Å². The quantitative estimate of drug-likeness (QED) is 0.255. The number of carbonyl (C=O) groups excluding carboxylic acids is 1. The Hall–Kier alpha value is -5.24. The first kappa shape index (κ1) is 31.2. The van der Waals surface area contributed by atoms with E-state index in [4.69, 9.17) is 34.0 Å². The fourth-order valence-electron chi connectivity index (χ4n) is 5.11. The first-order valence-corrected chi connectivity index (χ1v) is 13.6. The molecule has 3 heterocycles. The Kier molecular flexibility index (Phi) is 8.86. The number of carbonyl (C=O) groups is 1. The summed E-state index contributed by atoms with van der Waals surface area (Å²) in [5, 5.41) is 29.7. The molecular weight excluding hydrogens is 572 g/mol. The maximum absolute atomic E-state index is 15.4. The van der Waals surface area contributed by atoms with E-state index >= 15 is 4.39 Å². The number of rotatable bonds is 8. The predicted octanol–water partition coefficient (Wildman–Crippen LogP) is 1.73. The first-order chi connectivity index (χ1) is 21.5. The summed E-state index contributed by atoms with van der Waals surface area (Å²) in [7, 11) is 16.7. The van der Waals surface area contributed by atoms with Crippen molar-refractivity contribution in [2.75, 3.05) is 23.4 Å². The summed E-state index contributed by atoms with van der Waals surface area (Å²) in [5.41, 5.74) is 7.91. The normalized spacial score (nSPS) is 16.1. The van der Waals surface area contributed by atoms with Gasteiger partial charge in [0.1, 0.15) is 41.1 Å². The summed E-state index contributed by atoms with van der Waals surface area (Å²) in [6.45, 7) is 0.222. The molecule has 0 spiro atoms. The largest absolute Gasteiger partial charge is 0.515 e. The molecule has 1 aliphatic rings. The fourth-order valence-corrected chi connectivity index (χ4v) is 5.11. The van der Waals surface area contributed by atoms with Gasteiger partial charge in [0.2, 0.25) is 0 Å². The molecule has 0 aliphatic carbocycles. The lowest BCUT2D eigenvalue weighted by atomic mass is 9.52. The Morgan fingerprint density at radius 1 is 1.16 bits per heavy atom. The van der Waals surface area contributed by atoms with E-state index in [2.05, 4.69) is 26.3 Å². The minimum Gasteiger partial charge on any atom is -0.515 e. The van der Waals surface area contributed by atoms with Crippen molar-refractivity contribution in [1.29, 1.82) is 10.5 Å². The number of halogens is 1.